The third kappa shape index (κ3) is 5.84. The maximum absolute atomic E-state index is 5.80. The van der Waals surface area contributed by atoms with E-state index in [2.05, 4.69) is 39.7 Å². The average molecular weight is 374 g/mol. The second-order valence-corrected chi connectivity index (χ2v) is 6.48. The Kier molecular flexibility index (Phi) is 7.01. The molecule has 3 rings (SSSR count). The highest BCUT2D eigenvalue weighted by molar-refractivity contribution is 5.80. The van der Waals surface area contributed by atoms with Crippen molar-refractivity contribution in [2.45, 2.75) is 26.1 Å². The molecule has 0 aliphatic carbocycles. The van der Waals surface area contributed by atoms with Gasteiger partial charge in [-0.2, -0.15) is 0 Å². The summed E-state index contributed by atoms with van der Waals surface area (Å²) in [5, 5.41) is 6.75. The summed E-state index contributed by atoms with van der Waals surface area (Å²) in [5.74, 6) is 1.36. The van der Waals surface area contributed by atoms with Gasteiger partial charge in [0.15, 0.2) is 5.96 Å². The number of ether oxygens (including phenoxy) is 1. The van der Waals surface area contributed by atoms with Crippen molar-refractivity contribution >= 4 is 5.96 Å². The van der Waals surface area contributed by atoms with E-state index in [-0.39, 0.29) is 6.04 Å². The number of benzene rings is 2. The summed E-state index contributed by atoms with van der Waals surface area (Å²) in [7, 11) is 1.77. The Bertz CT molecular complexity index is 881. The quantitative estimate of drug-likeness (QED) is 0.483. The van der Waals surface area contributed by atoms with Crippen molar-refractivity contribution in [1.29, 1.82) is 0 Å². The summed E-state index contributed by atoms with van der Waals surface area (Å²) < 4.78 is 5.80. The SMILES string of the molecule is CN=C(NCc1ccnc(OCc2ccccc2)c1)NC(C)c1ccccc1. The molecule has 0 saturated heterocycles. The van der Waals surface area contributed by atoms with E-state index >= 15 is 0 Å². The predicted molar refractivity (Wildman–Crippen MR) is 113 cm³/mol. The van der Waals surface area contributed by atoms with E-state index in [1.165, 1.54) is 5.56 Å². The third-order valence-electron chi connectivity index (χ3n) is 4.37. The van der Waals surface area contributed by atoms with Gasteiger partial charge in [-0.1, -0.05) is 60.7 Å². The lowest BCUT2D eigenvalue weighted by Gasteiger charge is -2.18. The van der Waals surface area contributed by atoms with Crippen LogP contribution in [0.15, 0.2) is 84.0 Å². The van der Waals surface area contributed by atoms with Gasteiger partial charge in [0, 0.05) is 25.9 Å². The fourth-order valence-electron chi connectivity index (χ4n) is 2.78. The minimum Gasteiger partial charge on any atom is -0.473 e. The molecule has 1 atom stereocenters. The van der Waals surface area contributed by atoms with E-state index in [1.807, 2.05) is 60.7 Å². The average Bonchev–Trinajstić information content (AvgIpc) is 2.76. The van der Waals surface area contributed by atoms with Crippen LogP contribution in [0.3, 0.4) is 0 Å². The molecule has 0 radical (unpaired) electrons. The molecule has 1 heterocycles. The molecule has 28 heavy (non-hydrogen) atoms. The van der Waals surface area contributed by atoms with Crippen LogP contribution in [-0.2, 0) is 13.2 Å². The summed E-state index contributed by atoms with van der Waals surface area (Å²) in [6.07, 6.45) is 1.76. The van der Waals surface area contributed by atoms with Gasteiger partial charge in [-0.15, -0.1) is 0 Å². The van der Waals surface area contributed by atoms with Crippen molar-refractivity contribution in [3.8, 4) is 5.88 Å². The Morgan fingerprint density at radius 1 is 1.00 bits per heavy atom. The molecule has 0 aliphatic heterocycles. The topological polar surface area (TPSA) is 58.5 Å². The molecule has 0 saturated carbocycles. The number of hydrogen-bond donors (Lipinski definition) is 2. The molecule has 0 spiro atoms. The number of nitrogens with one attached hydrogen (secondary N) is 2. The molecular formula is C23H26N4O. The Balaban J connectivity index is 1.53. The van der Waals surface area contributed by atoms with Crippen molar-refractivity contribution in [2.24, 2.45) is 4.99 Å². The molecule has 0 fully saturated rings. The molecule has 1 aromatic heterocycles. The highest BCUT2D eigenvalue weighted by Crippen LogP contribution is 2.13. The van der Waals surface area contributed by atoms with Crippen LogP contribution in [0.4, 0.5) is 0 Å². The van der Waals surface area contributed by atoms with Gasteiger partial charge in [-0.25, -0.2) is 4.98 Å². The highest BCUT2D eigenvalue weighted by Gasteiger charge is 2.07. The number of aromatic nitrogens is 1. The summed E-state index contributed by atoms with van der Waals surface area (Å²) in [6.45, 7) is 3.25. The fraction of sp³-hybridized carbons (Fsp3) is 0.217. The first kappa shape index (κ1) is 19.4. The molecule has 5 heteroatoms. The van der Waals surface area contributed by atoms with Crippen molar-refractivity contribution in [3.05, 3.63) is 95.7 Å². The molecular weight excluding hydrogens is 348 g/mol. The molecule has 0 bridgehead atoms. The Labute approximate surface area is 166 Å². The van der Waals surface area contributed by atoms with E-state index in [0.29, 0.717) is 19.0 Å². The van der Waals surface area contributed by atoms with Crippen molar-refractivity contribution < 1.29 is 4.74 Å². The van der Waals surface area contributed by atoms with Gasteiger partial charge < -0.3 is 15.4 Å². The summed E-state index contributed by atoms with van der Waals surface area (Å²) in [5.41, 5.74) is 3.41. The van der Waals surface area contributed by atoms with Gasteiger partial charge in [0.2, 0.25) is 5.88 Å². The van der Waals surface area contributed by atoms with E-state index in [9.17, 15) is 0 Å². The smallest absolute Gasteiger partial charge is 0.213 e. The highest BCUT2D eigenvalue weighted by atomic mass is 16.5. The molecule has 3 aromatic rings. The summed E-state index contributed by atoms with van der Waals surface area (Å²) in [4.78, 5) is 8.61. The van der Waals surface area contributed by atoms with Crippen LogP contribution >= 0.6 is 0 Å². The summed E-state index contributed by atoms with van der Waals surface area (Å²) in [6, 6.07) is 24.4. The lowest BCUT2D eigenvalue weighted by molar-refractivity contribution is 0.293. The monoisotopic (exact) mass is 374 g/mol. The number of hydrogen-bond acceptors (Lipinski definition) is 3. The molecule has 5 nitrogen and oxygen atoms in total. The van der Waals surface area contributed by atoms with Crippen LogP contribution in [0.1, 0.15) is 29.7 Å². The van der Waals surface area contributed by atoms with Gasteiger partial charge in [0.05, 0.1) is 6.04 Å². The predicted octanol–water partition coefficient (Wildman–Crippen LogP) is 4.09. The van der Waals surface area contributed by atoms with Crippen molar-refractivity contribution in [3.63, 3.8) is 0 Å². The van der Waals surface area contributed by atoms with Crippen LogP contribution in [0.2, 0.25) is 0 Å². The third-order valence-corrected chi connectivity index (χ3v) is 4.37. The number of pyridine rings is 1. The van der Waals surface area contributed by atoms with Crippen LogP contribution in [0.25, 0.3) is 0 Å². The summed E-state index contributed by atoms with van der Waals surface area (Å²) >= 11 is 0. The van der Waals surface area contributed by atoms with Crippen molar-refractivity contribution in [1.82, 2.24) is 15.6 Å². The van der Waals surface area contributed by atoms with Gasteiger partial charge in [0.25, 0.3) is 0 Å². The first-order valence-corrected chi connectivity index (χ1v) is 9.38. The zero-order valence-electron chi connectivity index (χ0n) is 16.3. The number of guanidine groups is 1. The molecule has 0 aliphatic rings. The number of nitrogens with zero attached hydrogens (tertiary/aromatic N) is 2. The fourth-order valence-corrected chi connectivity index (χ4v) is 2.78. The lowest BCUT2D eigenvalue weighted by Crippen LogP contribution is -2.38. The van der Waals surface area contributed by atoms with E-state index in [0.717, 1.165) is 17.1 Å². The van der Waals surface area contributed by atoms with Crippen molar-refractivity contribution in [2.75, 3.05) is 7.05 Å². The zero-order valence-corrected chi connectivity index (χ0v) is 16.3. The normalized spacial score (nSPS) is 12.3. The Hall–Kier alpha value is -3.34. The molecule has 2 aromatic carbocycles. The molecule has 0 amide bonds. The van der Waals surface area contributed by atoms with E-state index in [4.69, 9.17) is 4.74 Å². The second kappa shape index (κ2) is 10.1. The van der Waals surface area contributed by atoms with Gasteiger partial charge in [0.1, 0.15) is 6.61 Å². The minimum atomic E-state index is 0.162. The first-order valence-electron chi connectivity index (χ1n) is 9.38. The van der Waals surface area contributed by atoms with E-state index < -0.39 is 0 Å². The second-order valence-electron chi connectivity index (χ2n) is 6.48. The maximum atomic E-state index is 5.80. The van der Waals surface area contributed by atoms with E-state index in [1.54, 1.807) is 13.2 Å². The van der Waals surface area contributed by atoms with Crippen LogP contribution in [0.5, 0.6) is 5.88 Å². The lowest BCUT2D eigenvalue weighted by atomic mass is 10.1. The zero-order chi connectivity index (χ0) is 19.6. The van der Waals surface area contributed by atoms with Gasteiger partial charge >= 0.3 is 0 Å². The van der Waals surface area contributed by atoms with Crippen LogP contribution in [0, 0.1) is 0 Å². The minimum absolute atomic E-state index is 0.162. The molecule has 144 valence electrons. The van der Waals surface area contributed by atoms with Gasteiger partial charge in [-0.05, 0) is 29.7 Å². The van der Waals surface area contributed by atoms with Crippen LogP contribution in [-0.4, -0.2) is 18.0 Å². The number of rotatable bonds is 7. The Morgan fingerprint density at radius 2 is 1.71 bits per heavy atom. The number of aliphatic imine (C=N–C) groups is 1. The molecule has 2 N–H and O–H groups in total. The first-order chi connectivity index (χ1) is 13.7. The molecule has 1 unspecified atom stereocenters. The van der Waals surface area contributed by atoms with Gasteiger partial charge in [-0.3, -0.25) is 4.99 Å². The Morgan fingerprint density at radius 3 is 2.43 bits per heavy atom. The largest absolute Gasteiger partial charge is 0.473 e. The standard InChI is InChI=1S/C23H26N4O/c1-18(21-11-7-4-8-12-21)27-23(24-2)26-16-20-13-14-25-22(15-20)28-17-19-9-5-3-6-10-19/h3-15,18H,16-17H2,1-2H3,(H2,24,26,27). The van der Waals surface area contributed by atoms with Crippen LogP contribution < -0.4 is 15.4 Å². The maximum Gasteiger partial charge on any atom is 0.213 e.